The molecule has 0 saturated heterocycles. The Morgan fingerprint density at radius 3 is 2.68 bits per heavy atom. The SMILES string of the molecule is CCCOC(=O)Nc1ccccc1N=C1CCC/C1=C/c1ccc(Cl)cc1.Cl. The molecule has 4 nitrogen and oxygen atoms in total. The van der Waals surface area contributed by atoms with Crippen LogP contribution in [-0.2, 0) is 4.74 Å². The molecule has 1 fully saturated rings. The summed E-state index contributed by atoms with van der Waals surface area (Å²) in [6.07, 6.45) is 5.49. The number of carbonyl (C=O) groups excluding carboxylic acids is 1. The van der Waals surface area contributed by atoms with Gasteiger partial charge in [0.05, 0.1) is 18.0 Å². The maximum absolute atomic E-state index is 11.9. The summed E-state index contributed by atoms with van der Waals surface area (Å²) in [6.45, 7) is 2.36. The summed E-state index contributed by atoms with van der Waals surface area (Å²) >= 11 is 5.97. The Bertz CT molecular complexity index is 861. The van der Waals surface area contributed by atoms with Gasteiger partial charge in [-0.3, -0.25) is 10.3 Å². The van der Waals surface area contributed by atoms with Gasteiger partial charge in [0.25, 0.3) is 0 Å². The number of allylic oxidation sites excluding steroid dienone is 1. The van der Waals surface area contributed by atoms with Crippen LogP contribution >= 0.6 is 24.0 Å². The third kappa shape index (κ3) is 6.11. The monoisotopic (exact) mass is 418 g/mol. The van der Waals surface area contributed by atoms with Crippen LogP contribution in [0.4, 0.5) is 16.2 Å². The Balaban J connectivity index is 0.00000280. The summed E-state index contributed by atoms with van der Waals surface area (Å²) in [5, 5.41) is 3.52. The summed E-state index contributed by atoms with van der Waals surface area (Å²) in [5.41, 5.74) is 4.79. The van der Waals surface area contributed by atoms with Crippen LogP contribution in [0.2, 0.25) is 5.02 Å². The number of halogens is 2. The largest absolute Gasteiger partial charge is 0.449 e. The third-order valence-electron chi connectivity index (χ3n) is 4.27. The lowest BCUT2D eigenvalue weighted by Gasteiger charge is -2.09. The van der Waals surface area contributed by atoms with Crippen molar-refractivity contribution >= 4 is 53.3 Å². The molecule has 28 heavy (non-hydrogen) atoms. The van der Waals surface area contributed by atoms with Gasteiger partial charge < -0.3 is 4.74 Å². The van der Waals surface area contributed by atoms with Crippen molar-refractivity contribution in [3.8, 4) is 0 Å². The van der Waals surface area contributed by atoms with E-state index < -0.39 is 6.09 Å². The van der Waals surface area contributed by atoms with E-state index in [9.17, 15) is 4.79 Å². The van der Waals surface area contributed by atoms with Gasteiger partial charge in [0.1, 0.15) is 0 Å². The summed E-state index contributed by atoms with van der Waals surface area (Å²) in [5.74, 6) is 0. The first-order chi connectivity index (χ1) is 13.2. The van der Waals surface area contributed by atoms with Gasteiger partial charge in [-0.1, -0.05) is 42.8 Å². The third-order valence-corrected chi connectivity index (χ3v) is 4.53. The van der Waals surface area contributed by atoms with Crippen molar-refractivity contribution < 1.29 is 9.53 Å². The normalized spacial score (nSPS) is 16.1. The average Bonchev–Trinajstić information content (AvgIpc) is 3.10. The van der Waals surface area contributed by atoms with Crippen LogP contribution in [0.3, 0.4) is 0 Å². The van der Waals surface area contributed by atoms with E-state index in [0.29, 0.717) is 12.3 Å². The molecular formula is C22H24Cl2N2O2. The first-order valence-corrected chi connectivity index (χ1v) is 9.60. The lowest BCUT2D eigenvalue weighted by molar-refractivity contribution is 0.161. The minimum atomic E-state index is -0.451. The standard InChI is InChI=1S/C22H23ClN2O2.ClH/c1-2-14-27-22(26)25-21-8-4-3-7-20(21)24-19-9-5-6-17(19)15-16-10-12-18(23)13-11-16;/h3-4,7-8,10-13,15H,2,5-6,9,14H2,1H3,(H,25,26);1H/b17-15-,24-19?;. The number of rotatable bonds is 5. The van der Waals surface area contributed by atoms with E-state index in [1.807, 2.05) is 55.5 Å². The highest BCUT2D eigenvalue weighted by Gasteiger charge is 2.16. The van der Waals surface area contributed by atoms with E-state index in [1.165, 1.54) is 5.57 Å². The van der Waals surface area contributed by atoms with Crippen molar-refractivity contribution in [3.63, 3.8) is 0 Å². The van der Waals surface area contributed by atoms with Gasteiger partial charge in [0.2, 0.25) is 0 Å². The van der Waals surface area contributed by atoms with Crippen molar-refractivity contribution in [2.45, 2.75) is 32.6 Å². The first-order valence-electron chi connectivity index (χ1n) is 9.22. The second-order valence-corrected chi connectivity index (χ2v) is 6.85. The molecule has 2 aromatic carbocycles. The van der Waals surface area contributed by atoms with Crippen molar-refractivity contribution in [3.05, 3.63) is 64.7 Å². The summed E-state index contributed by atoms with van der Waals surface area (Å²) < 4.78 is 5.11. The molecule has 1 aliphatic carbocycles. The molecule has 0 aromatic heterocycles. The van der Waals surface area contributed by atoms with Gasteiger partial charge in [0.15, 0.2) is 0 Å². The van der Waals surface area contributed by atoms with Crippen LogP contribution in [0, 0.1) is 0 Å². The van der Waals surface area contributed by atoms with Gasteiger partial charge >= 0.3 is 6.09 Å². The fourth-order valence-electron chi connectivity index (χ4n) is 2.96. The molecule has 1 aliphatic rings. The van der Waals surface area contributed by atoms with Crippen LogP contribution in [0.5, 0.6) is 0 Å². The fraction of sp³-hybridized carbons (Fsp3) is 0.273. The van der Waals surface area contributed by atoms with Crippen LogP contribution in [-0.4, -0.2) is 18.4 Å². The van der Waals surface area contributed by atoms with E-state index in [2.05, 4.69) is 11.4 Å². The molecule has 0 unspecified atom stereocenters. The second kappa shape index (κ2) is 10.9. The zero-order valence-electron chi connectivity index (χ0n) is 15.8. The number of para-hydroxylation sites is 2. The molecular weight excluding hydrogens is 395 g/mol. The zero-order chi connectivity index (χ0) is 19.1. The molecule has 0 aliphatic heterocycles. The minimum Gasteiger partial charge on any atom is -0.449 e. The van der Waals surface area contributed by atoms with Crippen molar-refractivity contribution in [2.24, 2.45) is 4.99 Å². The molecule has 0 atom stereocenters. The first kappa shape index (κ1) is 22.0. The van der Waals surface area contributed by atoms with Crippen LogP contribution in [0.25, 0.3) is 6.08 Å². The quantitative estimate of drug-likeness (QED) is 0.564. The molecule has 148 valence electrons. The van der Waals surface area contributed by atoms with E-state index in [-0.39, 0.29) is 12.4 Å². The number of anilines is 1. The van der Waals surface area contributed by atoms with E-state index in [1.54, 1.807) is 0 Å². The topological polar surface area (TPSA) is 50.7 Å². The number of aliphatic imine (C=N–C) groups is 1. The molecule has 2 aromatic rings. The Labute approximate surface area is 177 Å². The smallest absolute Gasteiger partial charge is 0.411 e. The molecule has 0 bridgehead atoms. The number of hydrogen-bond acceptors (Lipinski definition) is 3. The highest BCUT2D eigenvalue weighted by atomic mass is 35.5. The van der Waals surface area contributed by atoms with E-state index in [0.717, 1.165) is 47.7 Å². The van der Waals surface area contributed by atoms with Crippen LogP contribution in [0.1, 0.15) is 38.2 Å². The molecule has 3 rings (SSSR count). The highest BCUT2D eigenvalue weighted by Crippen LogP contribution is 2.31. The number of nitrogens with zero attached hydrogens (tertiary/aromatic N) is 1. The van der Waals surface area contributed by atoms with E-state index in [4.69, 9.17) is 21.3 Å². The van der Waals surface area contributed by atoms with Crippen molar-refractivity contribution in [1.29, 1.82) is 0 Å². The molecule has 0 radical (unpaired) electrons. The number of ether oxygens (including phenoxy) is 1. The maximum Gasteiger partial charge on any atom is 0.411 e. The molecule has 0 heterocycles. The van der Waals surface area contributed by atoms with Gasteiger partial charge in [-0.2, -0.15) is 0 Å². The number of carbonyl (C=O) groups is 1. The Hall–Kier alpha value is -2.30. The van der Waals surface area contributed by atoms with Gasteiger partial charge in [-0.25, -0.2) is 4.79 Å². The van der Waals surface area contributed by atoms with Gasteiger partial charge in [0, 0.05) is 10.7 Å². The molecule has 1 amide bonds. The number of nitrogens with one attached hydrogen (secondary N) is 1. The predicted molar refractivity (Wildman–Crippen MR) is 119 cm³/mol. The number of hydrogen-bond donors (Lipinski definition) is 1. The van der Waals surface area contributed by atoms with Crippen LogP contribution in [0.15, 0.2) is 59.1 Å². The average molecular weight is 419 g/mol. The lowest BCUT2D eigenvalue weighted by atomic mass is 10.1. The fourth-order valence-corrected chi connectivity index (χ4v) is 3.08. The minimum absolute atomic E-state index is 0. The maximum atomic E-state index is 11.9. The highest BCUT2D eigenvalue weighted by molar-refractivity contribution is 6.30. The Kier molecular flexibility index (Phi) is 8.55. The second-order valence-electron chi connectivity index (χ2n) is 6.41. The number of amides is 1. The Morgan fingerprint density at radius 1 is 1.18 bits per heavy atom. The van der Waals surface area contributed by atoms with Gasteiger partial charge in [-0.05, 0) is 67.2 Å². The Morgan fingerprint density at radius 2 is 1.93 bits per heavy atom. The van der Waals surface area contributed by atoms with E-state index >= 15 is 0 Å². The van der Waals surface area contributed by atoms with Crippen molar-refractivity contribution in [2.75, 3.05) is 11.9 Å². The summed E-state index contributed by atoms with van der Waals surface area (Å²) in [4.78, 5) is 16.7. The van der Waals surface area contributed by atoms with Crippen LogP contribution < -0.4 is 5.32 Å². The lowest BCUT2D eigenvalue weighted by Crippen LogP contribution is -2.14. The molecule has 1 saturated carbocycles. The summed E-state index contributed by atoms with van der Waals surface area (Å²) in [6, 6.07) is 15.3. The number of benzene rings is 2. The molecule has 6 heteroatoms. The summed E-state index contributed by atoms with van der Waals surface area (Å²) in [7, 11) is 0. The predicted octanol–water partition coefficient (Wildman–Crippen LogP) is 7.06. The zero-order valence-corrected chi connectivity index (χ0v) is 17.4. The molecule has 1 N–H and O–H groups in total. The van der Waals surface area contributed by atoms with Gasteiger partial charge in [-0.15, -0.1) is 12.4 Å². The molecule has 0 spiro atoms. The van der Waals surface area contributed by atoms with Crippen molar-refractivity contribution in [1.82, 2.24) is 0 Å².